The summed E-state index contributed by atoms with van der Waals surface area (Å²) in [5, 5.41) is 3.23. The van der Waals surface area contributed by atoms with Gasteiger partial charge in [0.2, 0.25) is 0 Å². The maximum absolute atomic E-state index is 12.3. The van der Waals surface area contributed by atoms with Crippen LogP contribution in [-0.4, -0.2) is 38.8 Å². The zero-order valence-corrected chi connectivity index (χ0v) is 11.6. The van der Waals surface area contributed by atoms with Crippen molar-refractivity contribution in [1.29, 1.82) is 0 Å². The lowest BCUT2D eigenvalue weighted by Gasteiger charge is -2.31. The average Bonchev–Trinajstić information content (AvgIpc) is 3.09. The van der Waals surface area contributed by atoms with Gasteiger partial charge in [0.1, 0.15) is 5.69 Å². The van der Waals surface area contributed by atoms with Gasteiger partial charge in [-0.25, -0.2) is 9.97 Å². The molecule has 1 aliphatic heterocycles. The van der Waals surface area contributed by atoms with Gasteiger partial charge >= 0.3 is 0 Å². The molecule has 1 fully saturated rings. The predicted molar refractivity (Wildman–Crippen MR) is 73.3 cm³/mol. The van der Waals surface area contributed by atoms with Crippen molar-refractivity contribution in [2.75, 3.05) is 13.1 Å². The number of hydrogen-bond acceptors (Lipinski definition) is 4. The van der Waals surface area contributed by atoms with Crippen molar-refractivity contribution in [1.82, 2.24) is 19.9 Å². The van der Waals surface area contributed by atoms with E-state index in [1.165, 1.54) is 0 Å². The number of likely N-dealkylation sites (tertiary alicyclic amines) is 1. The van der Waals surface area contributed by atoms with Crippen molar-refractivity contribution in [3.05, 3.63) is 34.3 Å². The minimum atomic E-state index is 0.0375. The largest absolute Gasteiger partial charge is 0.341 e. The lowest BCUT2D eigenvalue weighted by atomic mass is 9.98. The molecule has 3 heterocycles. The van der Waals surface area contributed by atoms with E-state index in [2.05, 4.69) is 20.3 Å². The summed E-state index contributed by atoms with van der Waals surface area (Å²) in [7, 11) is 0. The summed E-state index contributed by atoms with van der Waals surface area (Å²) in [6.07, 6.45) is 5.27. The first-order valence-corrected chi connectivity index (χ1v) is 7.31. The van der Waals surface area contributed by atoms with E-state index in [1.807, 2.05) is 11.8 Å². The SMILES string of the molecule is Cc1csc([C@@H]2CCCN(C(=O)c3cnc[nH]3)C2)n1. The van der Waals surface area contributed by atoms with E-state index in [4.69, 9.17) is 0 Å². The number of hydrogen-bond donors (Lipinski definition) is 1. The number of carbonyl (C=O) groups excluding carboxylic acids is 1. The van der Waals surface area contributed by atoms with Gasteiger partial charge in [-0.3, -0.25) is 4.79 Å². The van der Waals surface area contributed by atoms with E-state index in [9.17, 15) is 4.79 Å². The van der Waals surface area contributed by atoms with E-state index in [0.29, 0.717) is 11.6 Å². The topological polar surface area (TPSA) is 61.9 Å². The van der Waals surface area contributed by atoms with E-state index < -0.39 is 0 Å². The number of H-pyrrole nitrogens is 1. The van der Waals surface area contributed by atoms with E-state index >= 15 is 0 Å². The Balaban J connectivity index is 1.73. The third kappa shape index (κ3) is 2.53. The number of nitrogens with one attached hydrogen (secondary N) is 1. The molecule has 0 bridgehead atoms. The molecule has 0 aliphatic carbocycles. The number of carbonyl (C=O) groups is 1. The van der Waals surface area contributed by atoms with Crippen molar-refractivity contribution >= 4 is 17.2 Å². The number of aromatic nitrogens is 3. The first kappa shape index (κ1) is 12.3. The molecule has 1 amide bonds. The van der Waals surface area contributed by atoms with Gasteiger partial charge in [0.25, 0.3) is 5.91 Å². The molecule has 2 aromatic heterocycles. The van der Waals surface area contributed by atoms with Crippen LogP contribution >= 0.6 is 11.3 Å². The van der Waals surface area contributed by atoms with Crippen LogP contribution in [0.15, 0.2) is 17.9 Å². The van der Waals surface area contributed by atoms with Gasteiger partial charge in [0, 0.05) is 30.1 Å². The van der Waals surface area contributed by atoms with Crippen molar-refractivity contribution in [2.24, 2.45) is 0 Å². The van der Waals surface area contributed by atoms with Crippen LogP contribution in [0, 0.1) is 6.92 Å². The fraction of sp³-hybridized carbons (Fsp3) is 0.462. The molecular weight excluding hydrogens is 260 g/mol. The van der Waals surface area contributed by atoms with E-state index in [1.54, 1.807) is 23.9 Å². The first-order chi connectivity index (χ1) is 9.24. The number of thiazole rings is 1. The summed E-state index contributed by atoms with van der Waals surface area (Å²) >= 11 is 1.70. The second-order valence-corrected chi connectivity index (χ2v) is 5.77. The molecule has 3 rings (SSSR count). The molecule has 1 saturated heterocycles. The molecular formula is C13H16N4OS. The zero-order valence-electron chi connectivity index (χ0n) is 10.8. The molecule has 100 valence electrons. The van der Waals surface area contributed by atoms with Crippen LogP contribution in [0.4, 0.5) is 0 Å². The fourth-order valence-electron chi connectivity index (χ4n) is 2.47. The van der Waals surface area contributed by atoms with Crippen LogP contribution in [0.5, 0.6) is 0 Å². The Hall–Kier alpha value is -1.69. The lowest BCUT2D eigenvalue weighted by molar-refractivity contribution is 0.0701. The molecule has 0 spiro atoms. The maximum Gasteiger partial charge on any atom is 0.271 e. The number of nitrogens with zero attached hydrogens (tertiary/aromatic N) is 3. The molecule has 1 atom stereocenters. The highest BCUT2D eigenvalue weighted by atomic mass is 32.1. The number of piperidine rings is 1. The molecule has 0 aromatic carbocycles. The normalized spacial score (nSPS) is 19.6. The summed E-state index contributed by atoms with van der Waals surface area (Å²) < 4.78 is 0. The Morgan fingerprint density at radius 2 is 2.47 bits per heavy atom. The summed E-state index contributed by atoms with van der Waals surface area (Å²) in [6.45, 7) is 3.58. The first-order valence-electron chi connectivity index (χ1n) is 6.43. The van der Waals surface area contributed by atoms with Gasteiger partial charge in [-0.2, -0.15) is 0 Å². The molecule has 1 aliphatic rings. The fourth-order valence-corrected chi connectivity index (χ4v) is 3.39. The minimum absolute atomic E-state index is 0.0375. The zero-order chi connectivity index (χ0) is 13.2. The van der Waals surface area contributed by atoms with Gasteiger partial charge in [-0.15, -0.1) is 11.3 Å². The summed E-state index contributed by atoms with van der Waals surface area (Å²) in [5.74, 6) is 0.412. The Morgan fingerprint density at radius 3 is 3.16 bits per heavy atom. The molecule has 0 saturated carbocycles. The summed E-state index contributed by atoms with van der Waals surface area (Å²) in [5.41, 5.74) is 1.63. The van der Waals surface area contributed by atoms with Crippen LogP contribution < -0.4 is 0 Å². The second-order valence-electron chi connectivity index (χ2n) is 4.88. The predicted octanol–water partition coefficient (Wildman–Crippen LogP) is 2.19. The molecule has 1 N–H and O–H groups in total. The minimum Gasteiger partial charge on any atom is -0.341 e. The Labute approximate surface area is 115 Å². The van der Waals surface area contributed by atoms with Crippen LogP contribution in [-0.2, 0) is 0 Å². The number of amides is 1. The highest BCUT2D eigenvalue weighted by Crippen LogP contribution is 2.29. The Kier molecular flexibility index (Phi) is 3.33. The average molecular weight is 276 g/mol. The van der Waals surface area contributed by atoms with Crippen LogP contribution in [0.25, 0.3) is 0 Å². The number of rotatable bonds is 2. The van der Waals surface area contributed by atoms with Crippen molar-refractivity contribution in [3.8, 4) is 0 Å². The lowest BCUT2D eigenvalue weighted by Crippen LogP contribution is -2.39. The van der Waals surface area contributed by atoms with Gasteiger partial charge < -0.3 is 9.88 Å². The standard InChI is InChI=1S/C13H16N4OS/c1-9-7-19-12(16-9)10-3-2-4-17(6-10)13(18)11-5-14-8-15-11/h5,7-8,10H,2-4,6H2,1H3,(H,14,15)/t10-/m1/s1. The molecule has 5 nitrogen and oxygen atoms in total. The monoisotopic (exact) mass is 276 g/mol. The smallest absolute Gasteiger partial charge is 0.271 e. The highest BCUT2D eigenvalue weighted by molar-refractivity contribution is 7.09. The van der Waals surface area contributed by atoms with Gasteiger partial charge in [-0.1, -0.05) is 0 Å². The highest BCUT2D eigenvalue weighted by Gasteiger charge is 2.27. The third-order valence-electron chi connectivity index (χ3n) is 3.42. The summed E-state index contributed by atoms with van der Waals surface area (Å²) in [4.78, 5) is 25.5. The van der Waals surface area contributed by atoms with E-state index in [-0.39, 0.29) is 5.91 Å². The van der Waals surface area contributed by atoms with Gasteiger partial charge in [0.05, 0.1) is 17.5 Å². The number of imidazole rings is 1. The van der Waals surface area contributed by atoms with E-state index in [0.717, 1.165) is 36.6 Å². The summed E-state index contributed by atoms with van der Waals surface area (Å²) in [6, 6.07) is 0. The maximum atomic E-state index is 12.3. The van der Waals surface area contributed by atoms with Gasteiger partial charge in [0.15, 0.2) is 0 Å². The Morgan fingerprint density at radius 1 is 1.58 bits per heavy atom. The van der Waals surface area contributed by atoms with Crippen LogP contribution in [0.3, 0.4) is 0 Å². The number of aromatic amines is 1. The van der Waals surface area contributed by atoms with Crippen LogP contribution in [0.1, 0.15) is 39.9 Å². The van der Waals surface area contributed by atoms with Gasteiger partial charge in [-0.05, 0) is 19.8 Å². The second kappa shape index (κ2) is 5.13. The third-order valence-corrected chi connectivity index (χ3v) is 4.55. The van der Waals surface area contributed by atoms with Crippen molar-refractivity contribution < 1.29 is 4.79 Å². The molecule has 0 radical (unpaired) electrons. The van der Waals surface area contributed by atoms with Crippen molar-refractivity contribution in [2.45, 2.75) is 25.7 Å². The number of aryl methyl sites for hydroxylation is 1. The quantitative estimate of drug-likeness (QED) is 0.914. The molecule has 2 aromatic rings. The van der Waals surface area contributed by atoms with Crippen molar-refractivity contribution in [3.63, 3.8) is 0 Å². The van der Waals surface area contributed by atoms with Crippen LogP contribution in [0.2, 0.25) is 0 Å². The molecule has 6 heteroatoms. The molecule has 0 unspecified atom stereocenters. The molecule has 19 heavy (non-hydrogen) atoms. The Bertz CT molecular complexity index is 563.